The summed E-state index contributed by atoms with van der Waals surface area (Å²) in [4.78, 5) is 14.6. The van der Waals surface area contributed by atoms with Crippen molar-refractivity contribution in [1.29, 1.82) is 0 Å². The summed E-state index contributed by atoms with van der Waals surface area (Å²) in [6, 6.07) is 15.7. The molecule has 2 heteroatoms. The molecule has 3 rings (SSSR count). The monoisotopic (exact) mass is 263 g/mol. The van der Waals surface area contributed by atoms with E-state index in [9.17, 15) is 4.79 Å². The van der Waals surface area contributed by atoms with Gasteiger partial charge in [0.2, 0.25) is 0 Å². The standard InChI is InChI=1S/C18H17NO/c1-13-8-11-17-16(12-13)10-9-14(2)19(17)18(20)15-6-4-3-5-7-15/h3-12,14H,1-2H3/t14-/m1/s1. The van der Waals surface area contributed by atoms with Gasteiger partial charge in [0, 0.05) is 5.56 Å². The number of aryl methyl sites for hydroxylation is 1. The molecule has 1 aliphatic heterocycles. The lowest BCUT2D eigenvalue weighted by Crippen LogP contribution is -2.39. The molecule has 0 N–H and O–H groups in total. The first kappa shape index (κ1) is 12.7. The second-order valence-electron chi connectivity index (χ2n) is 5.20. The zero-order valence-electron chi connectivity index (χ0n) is 11.7. The summed E-state index contributed by atoms with van der Waals surface area (Å²) in [5, 5.41) is 0. The zero-order valence-corrected chi connectivity index (χ0v) is 11.7. The molecule has 2 nitrogen and oxygen atoms in total. The first-order valence-electron chi connectivity index (χ1n) is 6.84. The molecule has 1 atom stereocenters. The van der Waals surface area contributed by atoms with Gasteiger partial charge in [-0.25, -0.2) is 0 Å². The molecule has 0 bridgehead atoms. The lowest BCUT2D eigenvalue weighted by atomic mass is 10.0. The molecule has 100 valence electrons. The van der Waals surface area contributed by atoms with E-state index in [2.05, 4.69) is 31.2 Å². The van der Waals surface area contributed by atoms with Crippen molar-refractivity contribution in [1.82, 2.24) is 0 Å². The van der Waals surface area contributed by atoms with Crippen molar-refractivity contribution in [3.63, 3.8) is 0 Å². The van der Waals surface area contributed by atoms with Crippen LogP contribution in [0.1, 0.15) is 28.4 Å². The molecule has 2 aromatic carbocycles. The Morgan fingerprint density at radius 2 is 1.85 bits per heavy atom. The quantitative estimate of drug-likeness (QED) is 0.760. The Balaban J connectivity index is 2.06. The fourth-order valence-corrected chi connectivity index (χ4v) is 2.59. The van der Waals surface area contributed by atoms with Crippen LogP contribution >= 0.6 is 0 Å². The first-order chi connectivity index (χ1) is 9.66. The minimum atomic E-state index is 0.0487. The molecule has 2 aromatic rings. The van der Waals surface area contributed by atoms with Crippen molar-refractivity contribution >= 4 is 17.7 Å². The molecule has 20 heavy (non-hydrogen) atoms. The molecule has 1 heterocycles. The van der Waals surface area contributed by atoms with Crippen molar-refractivity contribution in [3.8, 4) is 0 Å². The van der Waals surface area contributed by atoms with E-state index in [1.807, 2.05) is 48.2 Å². The third-order valence-corrected chi connectivity index (χ3v) is 3.64. The van der Waals surface area contributed by atoms with Crippen molar-refractivity contribution in [3.05, 3.63) is 71.3 Å². The number of carbonyl (C=O) groups excluding carboxylic acids is 1. The highest BCUT2D eigenvalue weighted by molar-refractivity contribution is 6.08. The third-order valence-electron chi connectivity index (χ3n) is 3.64. The van der Waals surface area contributed by atoms with Crippen LogP contribution in [0.5, 0.6) is 0 Å². The molecule has 1 aliphatic rings. The summed E-state index contributed by atoms with van der Waals surface area (Å²) in [7, 11) is 0. The third kappa shape index (κ3) is 2.14. The van der Waals surface area contributed by atoms with Crippen LogP contribution in [0.15, 0.2) is 54.6 Å². The maximum atomic E-state index is 12.7. The number of hydrogen-bond donors (Lipinski definition) is 0. The van der Waals surface area contributed by atoms with Gasteiger partial charge < -0.3 is 4.90 Å². The smallest absolute Gasteiger partial charge is 0.258 e. The minimum absolute atomic E-state index is 0.0487. The van der Waals surface area contributed by atoms with Crippen LogP contribution in [-0.2, 0) is 0 Å². The van der Waals surface area contributed by atoms with Crippen LogP contribution in [0.25, 0.3) is 6.08 Å². The lowest BCUT2D eigenvalue weighted by Gasteiger charge is -2.32. The van der Waals surface area contributed by atoms with E-state index in [0.717, 1.165) is 16.8 Å². The Morgan fingerprint density at radius 3 is 2.60 bits per heavy atom. The van der Waals surface area contributed by atoms with Crippen LogP contribution in [0.4, 0.5) is 5.69 Å². The van der Waals surface area contributed by atoms with Gasteiger partial charge in [-0.3, -0.25) is 4.79 Å². The molecule has 0 saturated carbocycles. The number of amides is 1. The van der Waals surface area contributed by atoms with E-state index < -0.39 is 0 Å². The molecule has 0 saturated heterocycles. The van der Waals surface area contributed by atoms with Crippen LogP contribution in [-0.4, -0.2) is 11.9 Å². The summed E-state index contributed by atoms with van der Waals surface area (Å²) in [5.41, 5.74) is 4.02. The fraction of sp³-hybridized carbons (Fsp3) is 0.167. The molecular formula is C18H17NO. The molecule has 0 fully saturated rings. The average molecular weight is 263 g/mol. The summed E-state index contributed by atoms with van der Waals surface area (Å²) in [5.74, 6) is 0.0487. The normalized spacial score (nSPS) is 16.9. The van der Waals surface area contributed by atoms with Crippen LogP contribution in [0, 0.1) is 6.92 Å². The number of carbonyl (C=O) groups is 1. The molecule has 0 aliphatic carbocycles. The predicted octanol–water partition coefficient (Wildman–Crippen LogP) is 4.06. The van der Waals surface area contributed by atoms with Gasteiger partial charge in [-0.1, -0.05) is 42.0 Å². The molecular weight excluding hydrogens is 246 g/mol. The first-order valence-corrected chi connectivity index (χ1v) is 6.84. The summed E-state index contributed by atoms with van der Waals surface area (Å²) in [6.45, 7) is 4.11. The summed E-state index contributed by atoms with van der Waals surface area (Å²) < 4.78 is 0. The number of benzene rings is 2. The molecule has 1 amide bonds. The van der Waals surface area contributed by atoms with Crippen molar-refractivity contribution < 1.29 is 4.79 Å². The lowest BCUT2D eigenvalue weighted by molar-refractivity contribution is 0.0982. The van der Waals surface area contributed by atoms with E-state index in [1.54, 1.807) is 0 Å². The number of anilines is 1. The summed E-state index contributed by atoms with van der Waals surface area (Å²) in [6.07, 6.45) is 4.17. The zero-order chi connectivity index (χ0) is 14.1. The Bertz CT molecular complexity index is 673. The Hall–Kier alpha value is -2.35. The second-order valence-corrected chi connectivity index (χ2v) is 5.20. The van der Waals surface area contributed by atoms with Gasteiger partial charge in [-0.05, 0) is 43.7 Å². The highest BCUT2D eigenvalue weighted by Crippen LogP contribution is 2.31. The van der Waals surface area contributed by atoms with E-state index >= 15 is 0 Å². The predicted molar refractivity (Wildman–Crippen MR) is 82.9 cm³/mol. The molecule has 0 unspecified atom stereocenters. The van der Waals surface area contributed by atoms with E-state index in [1.165, 1.54) is 5.56 Å². The second kappa shape index (κ2) is 4.97. The van der Waals surface area contributed by atoms with E-state index in [-0.39, 0.29) is 11.9 Å². The SMILES string of the molecule is Cc1ccc2c(c1)C=C[C@@H](C)N2C(=O)c1ccccc1. The van der Waals surface area contributed by atoms with Crippen molar-refractivity contribution in [2.45, 2.75) is 19.9 Å². The highest BCUT2D eigenvalue weighted by Gasteiger charge is 2.25. The number of rotatable bonds is 1. The van der Waals surface area contributed by atoms with Gasteiger partial charge >= 0.3 is 0 Å². The van der Waals surface area contributed by atoms with Gasteiger partial charge in [-0.15, -0.1) is 0 Å². The Kier molecular flexibility index (Phi) is 3.15. The number of hydrogen-bond acceptors (Lipinski definition) is 1. The van der Waals surface area contributed by atoms with Gasteiger partial charge in [0.25, 0.3) is 5.91 Å². The largest absolute Gasteiger partial charge is 0.301 e. The molecule has 0 spiro atoms. The number of fused-ring (bicyclic) bond motifs is 1. The van der Waals surface area contributed by atoms with Crippen LogP contribution in [0.2, 0.25) is 0 Å². The van der Waals surface area contributed by atoms with Gasteiger partial charge in [0.05, 0.1) is 11.7 Å². The van der Waals surface area contributed by atoms with Crippen molar-refractivity contribution in [2.24, 2.45) is 0 Å². The van der Waals surface area contributed by atoms with E-state index in [0.29, 0.717) is 0 Å². The topological polar surface area (TPSA) is 20.3 Å². The van der Waals surface area contributed by atoms with E-state index in [4.69, 9.17) is 0 Å². The van der Waals surface area contributed by atoms with Gasteiger partial charge in [-0.2, -0.15) is 0 Å². The minimum Gasteiger partial charge on any atom is -0.301 e. The summed E-state index contributed by atoms with van der Waals surface area (Å²) >= 11 is 0. The Morgan fingerprint density at radius 1 is 1.10 bits per heavy atom. The highest BCUT2D eigenvalue weighted by atomic mass is 16.2. The van der Waals surface area contributed by atoms with Gasteiger partial charge in [0.15, 0.2) is 0 Å². The van der Waals surface area contributed by atoms with Crippen molar-refractivity contribution in [2.75, 3.05) is 4.90 Å². The molecule has 0 aromatic heterocycles. The molecule has 0 radical (unpaired) electrons. The van der Waals surface area contributed by atoms with Crippen LogP contribution < -0.4 is 4.90 Å². The maximum Gasteiger partial charge on any atom is 0.258 e. The fourth-order valence-electron chi connectivity index (χ4n) is 2.59. The van der Waals surface area contributed by atoms with Gasteiger partial charge in [0.1, 0.15) is 0 Å². The van der Waals surface area contributed by atoms with Crippen LogP contribution in [0.3, 0.4) is 0 Å². The Labute approximate surface area is 119 Å². The maximum absolute atomic E-state index is 12.7. The number of nitrogens with zero attached hydrogens (tertiary/aromatic N) is 1. The average Bonchev–Trinajstić information content (AvgIpc) is 2.48.